The molecule has 0 saturated heterocycles. The lowest BCUT2D eigenvalue weighted by molar-refractivity contribution is 0.126. The Morgan fingerprint density at radius 2 is 2.10 bits per heavy atom. The summed E-state index contributed by atoms with van der Waals surface area (Å²) in [6.07, 6.45) is -0.358. The van der Waals surface area contributed by atoms with Crippen molar-refractivity contribution in [3.8, 4) is 0 Å². The van der Waals surface area contributed by atoms with E-state index in [4.69, 9.17) is 0 Å². The summed E-state index contributed by atoms with van der Waals surface area (Å²) in [6.45, 7) is -0.157. The highest BCUT2D eigenvalue weighted by Crippen LogP contribution is 2.26. The van der Waals surface area contributed by atoms with Gasteiger partial charge in [-0.2, -0.15) is 4.31 Å². The van der Waals surface area contributed by atoms with Gasteiger partial charge in [0.1, 0.15) is 0 Å². The van der Waals surface area contributed by atoms with Crippen LogP contribution in [0.2, 0.25) is 0 Å². The molecule has 0 bridgehead atoms. The number of rotatable bonds is 7. The van der Waals surface area contributed by atoms with Crippen LogP contribution in [0.15, 0.2) is 27.6 Å². The zero-order valence-corrected chi connectivity index (χ0v) is 13.9. The Morgan fingerprint density at radius 3 is 2.62 bits per heavy atom. The number of sulfonamides is 1. The molecule has 0 aliphatic heterocycles. The summed E-state index contributed by atoms with van der Waals surface area (Å²) in [6, 6.07) is 5.41. The number of nitrogens with zero attached hydrogens (tertiary/aromatic N) is 1. The van der Waals surface area contributed by atoms with E-state index in [1.54, 1.807) is 12.1 Å². The largest absolute Gasteiger partial charge is 0.310 e. The molecule has 0 radical (unpaired) electrons. The van der Waals surface area contributed by atoms with Crippen molar-refractivity contribution in [2.45, 2.75) is 36.7 Å². The lowest BCUT2D eigenvalue weighted by atomic mass is 10.2. The smallest absolute Gasteiger partial charge is 0.252 e. The van der Waals surface area contributed by atoms with Crippen molar-refractivity contribution in [1.29, 1.82) is 0 Å². The van der Waals surface area contributed by atoms with Crippen LogP contribution >= 0.6 is 15.9 Å². The zero-order valence-electron chi connectivity index (χ0n) is 11.5. The molecular weight excluding hydrogens is 366 g/mol. The van der Waals surface area contributed by atoms with Crippen molar-refractivity contribution >= 4 is 26.0 Å². The number of hydrogen-bond acceptors (Lipinski definition) is 3. The average molecular weight is 383 g/mol. The topological polar surface area (TPSA) is 49.4 Å². The molecule has 1 saturated carbocycles. The average Bonchev–Trinajstić information content (AvgIpc) is 3.19. The summed E-state index contributed by atoms with van der Waals surface area (Å²) in [5.74, 6) is 0. The third-order valence-corrected chi connectivity index (χ3v) is 6.05. The first-order chi connectivity index (χ1) is 9.80. The molecule has 8 heteroatoms. The Hall–Kier alpha value is -0.570. The number of benzene rings is 1. The van der Waals surface area contributed by atoms with Gasteiger partial charge in [-0.25, -0.2) is 17.2 Å². The first-order valence-corrected chi connectivity index (χ1v) is 8.80. The van der Waals surface area contributed by atoms with Gasteiger partial charge in [-0.05, 0) is 46.5 Å². The van der Waals surface area contributed by atoms with Gasteiger partial charge in [0.2, 0.25) is 10.0 Å². The Labute approximate surface area is 131 Å². The van der Waals surface area contributed by atoms with E-state index < -0.39 is 23.0 Å². The minimum absolute atomic E-state index is 0.000761. The van der Waals surface area contributed by atoms with Crippen LogP contribution in [0.3, 0.4) is 0 Å². The van der Waals surface area contributed by atoms with E-state index in [-0.39, 0.29) is 4.90 Å². The maximum absolute atomic E-state index is 12.4. The highest BCUT2D eigenvalue weighted by atomic mass is 79.9. The predicted molar refractivity (Wildman–Crippen MR) is 79.8 cm³/mol. The number of nitrogens with one attached hydrogen (secondary N) is 1. The van der Waals surface area contributed by atoms with Gasteiger partial charge in [0.15, 0.2) is 0 Å². The first kappa shape index (κ1) is 16.8. The zero-order chi connectivity index (χ0) is 15.6. The summed E-state index contributed by atoms with van der Waals surface area (Å²) < 4.78 is 50.2. The molecule has 1 fully saturated rings. The molecule has 1 aromatic carbocycles. The third kappa shape index (κ3) is 4.45. The van der Waals surface area contributed by atoms with E-state index in [0.29, 0.717) is 21.4 Å². The molecular formula is C13H17BrF2N2O2S. The quantitative estimate of drug-likeness (QED) is 0.788. The normalized spacial score (nSPS) is 15.9. The van der Waals surface area contributed by atoms with Gasteiger partial charge in [0, 0.05) is 24.1 Å². The van der Waals surface area contributed by atoms with E-state index in [2.05, 4.69) is 21.2 Å². The minimum atomic E-state index is -3.91. The molecule has 0 heterocycles. The van der Waals surface area contributed by atoms with Gasteiger partial charge in [0.25, 0.3) is 6.43 Å². The van der Waals surface area contributed by atoms with Crippen molar-refractivity contribution < 1.29 is 17.2 Å². The number of halogens is 3. The van der Waals surface area contributed by atoms with Crippen LogP contribution in [-0.4, -0.2) is 38.8 Å². The second-order valence-corrected chi connectivity index (χ2v) is 7.96. The van der Waals surface area contributed by atoms with E-state index in [1.165, 1.54) is 18.9 Å². The molecule has 0 aromatic heterocycles. The van der Waals surface area contributed by atoms with Crippen LogP contribution in [0.5, 0.6) is 0 Å². The summed E-state index contributed by atoms with van der Waals surface area (Å²) >= 11 is 3.22. The van der Waals surface area contributed by atoms with Crippen LogP contribution in [0.4, 0.5) is 8.78 Å². The summed E-state index contributed by atoms with van der Waals surface area (Å²) in [5.41, 5.74) is 0.948. The van der Waals surface area contributed by atoms with E-state index in [1.807, 2.05) is 0 Å². The fraction of sp³-hybridized carbons (Fsp3) is 0.538. The molecule has 0 spiro atoms. The Balaban J connectivity index is 2.14. The van der Waals surface area contributed by atoms with Gasteiger partial charge >= 0.3 is 0 Å². The summed E-state index contributed by atoms with van der Waals surface area (Å²) in [4.78, 5) is 0.000761. The first-order valence-electron chi connectivity index (χ1n) is 6.57. The lowest BCUT2D eigenvalue weighted by Gasteiger charge is -2.18. The van der Waals surface area contributed by atoms with Crippen LogP contribution in [-0.2, 0) is 16.6 Å². The minimum Gasteiger partial charge on any atom is -0.310 e. The molecule has 1 aromatic rings. The molecule has 2 rings (SSSR count). The molecule has 0 atom stereocenters. The fourth-order valence-corrected chi connectivity index (χ4v) is 4.10. The van der Waals surface area contributed by atoms with Crippen LogP contribution in [0.25, 0.3) is 0 Å². The van der Waals surface area contributed by atoms with Crippen molar-refractivity contribution in [3.05, 3.63) is 28.2 Å². The number of hydrogen-bond donors (Lipinski definition) is 1. The van der Waals surface area contributed by atoms with E-state index in [0.717, 1.165) is 12.6 Å². The molecule has 1 aliphatic rings. The van der Waals surface area contributed by atoms with Crippen molar-refractivity contribution in [2.24, 2.45) is 0 Å². The van der Waals surface area contributed by atoms with E-state index >= 15 is 0 Å². The monoisotopic (exact) mass is 382 g/mol. The highest BCUT2D eigenvalue weighted by molar-refractivity contribution is 9.10. The Morgan fingerprint density at radius 1 is 1.43 bits per heavy atom. The highest BCUT2D eigenvalue weighted by Gasteiger charge is 2.26. The predicted octanol–water partition coefficient (Wildman–Crippen LogP) is 2.59. The van der Waals surface area contributed by atoms with Gasteiger partial charge in [-0.15, -0.1) is 0 Å². The van der Waals surface area contributed by atoms with Crippen LogP contribution < -0.4 is 5.32 Å². The Kier molecular flexibility index (Phi) is 5.34. The summed E-state index contributed by atoms with van der Waals surface area (Å²) in [7, 11) is -2.77. The fourth-order valence-electron chi connectivity index (χ4n) is 1.87. The van der Waals surface area contributed by atoms with Crippen molar-refractivity contribution in [3.63, 3.8) is 0 Å². The molecule has 118 valence electrons. The second kappa shape index (κ2) is 6.68. The standard InChI is InChI=1S/C13H17BrF2N2O2S/c1-18(8-13(15)16)21(19,20)12-5-2-9(6-11(12)14)7-17-10-3-4-10/h2,5-6,10,13,17H,3-4,7-8H2,1H3. The third-order valence-electron chi connectivity index (χ3n) is 3.25. The van der Waals surface area contributed by atoms with E-state index in [9.17, 15) is 17.2 Å². The maximum atomic E-state index is 12.4. The second-order valence-electron chi connectivity index (χ2n) is 5.10. The van der Waals surface area contributed by atoms with Gasteiger partial charge < -0.3 is 5.32 Å². The summed E-state index contributed by atoms with van der Waals surface area (Å²) in [5, 5.41) is 3.33. The number of alkyl halides is 2. The van der Waals surface area contributed by atoms with Crippen molar-refractivity contribution in [2.75, 3.05) is 13.6 Å². The van der Waals surface area contributed by atoms with Crippen LogP contribution in [0.1, 0.15) is 18.4 Å². The van der Waals surface area contributed by atoms with Gasteiger partial charge in [-0.1, -0.05) is 6.07 Å². The van der Waals surface area contributed by atoms with Crippen molar-refractivity contribution in [1.82, 2.24) is 9.62 Å². The molecule has 1 N–H and O–H groups in total. The van der Waals surface area contributed by atoms with Gasteiger partial charge in [0.05, 0.1) is 11.4 Å². The molecule has 21 heavy (non-hydrogen) atoms. The maximum Gasteiger partial charge on any atom is 0.252 e. The Bertz CT molecular complexity index is 606. The lowest BCUT2D eigenvalue weighted by Crippen LogP contribution is -2.31. The van der Waals surface area contributed by atoms with Gasteiger partial charge in [-0.3, -0.25) is 0 Å². The van der Waals surface area contributed by atoms with Crippen LogP contribution in [0, 0.1) is 0 Å². The molecule has 0 amide bonds. The molecule has 4 nitrogen and oxygen atoms in total. The molecule has 1 aliphatic carbocycles. The SMILES string of the molecule is CN(CC(F)F)S(=O)(=O)c1ccc(CNC2CC2)cc1Br. The molecule has 0 unspecified atom stereocenters.